The highest BCUT2D eigenvalue weighted by Gasteiger charge is 2.66. The van der Waals surface area contributed by atoms with Crippen LogP contribution in [-0.2, 0) is 21.7 Å². The number of fused-ring (bicyclic) bond motifs is 2. The SMILES string of the molecule is C=CCN1C(=O)[C@]2(O[C@H](CCn3cc([C@H](O)c4ccccc4)nn3)[C@@H]([Si](C)(C)c3ccc(OC)cc3)[C@@H]2C)c2cc(NC(=O)c3ccc(OC)cc3)ccc21. The molecule has 284 valence electrons. The fraction of sp³-hybridized carbons (Fsp3) is 0.302. The first-order valence-electron chi connectivity index (χ1n) is 18.5. The van der Waals surface area contributed by atoms with Gasteiger partial charge in [0.05, 0.1) is 40.3 Å². The molecule has 1 spiro atoms. The number of anilines is 2. The van der Waals surface area contributed by atoms with Crippen molar-refractivity contribution in [2.24, 2.45) is 5.92 Å². The minimum Gasteiger partial charge on any atom is -0.497 e. The average Bonchev–Trinajstić information content (AvgIpc) is 3.87. The lowest BCUT2D eigenvalue weighted by atomic mass is 9.82. The van der Waals surface area contributed by atoms with Crippen LogP contribution >= 0.6 is 0 Å². The molecule has 2 N–H and O–H groups in total. The Kier molecular flexibility index (Phi) is 10.5. The van der Waals surface area contributed by atoms with Gasteiger partial charge in [-0.3, -0.25) is 14.3 Å². The molecule has 3 heterocycles. The number of amides is 2. The molecule has 55 heavy (non-hydrogen) atoms. The molecule has 1 aromatic heterocycles. The number of nitrogens with one attached hydrogen (secondary N) is 1. The van der Waals surface area contributed by atoms with E-state index in [0.29, 0.717) is 42.2 Å². The quantitative estimate of drug-likeness (QED) is 0.103. The van der Waals surface area contributed by atoms with Gasteiger partial charge in [0.2, 0.25) is 0 Å². The van der Waals surface area contributed by atoms with Crippen molar-refractivity contribution in [3.8, 4) is 11.5 Å². The first-order valence-corrected chi connectivity index (χ1v) is 21.6. The first kappa shape index (κ1) is 37.7. The lowest BCUT2D eigenvalue weighted by molar-refractivity contribution is -0.145. The number of carbonyl (C=O) groups is 2. The molecule has 0 saturated carbocycles. The van der Waals surface area contributed by atoms with Crippen LogP contribution in [0, 0.1) is 5.92 Å². The van der Waals surface area contributed by atoms with Crippen LogP contribution in [0.4, 0.5) is 11.4 Å². The van der Waals surface area contributed by atoms with Gasteiger partial charge in [-0.1, -0.05) is 79.0 Å². The van der Waals surface area contributed by atoms with Gasteiger partial charge in [0.1, 0.15) is 23.3 Å². The summed E-state index contributed by atoms with van der Waals surface area (Å²) in [4.78, 5) is 30.1. The lowest BCUT2D eigenvalue weighted by Crippen LogP contribution is -2.51. The van der Waals surface area contributed by atoms with Gasteiger partial charge in [-0.25, -0.2) is 0 Å². The summed E-state index contributed by atoms with van der Waals surface area (Å²) in [5, 5.41) is 23.9. The number of aliphatic hydroxyl groups excluding tert-OH is 1. The van der Waals surface area contributed by atoms with Crippen molar-refractivity contribution in [2.75, 3.05) is 31.0 Å². The predicted octanol–water partition coefficient (Wildman–Crippen LogP) is 6.47. The maximum atomic E-state index is 14.9. The van der Waals surface area contributed by atoms with E-state index in [9.17, 15) is 14.7 Å². The van der Waals surface area contributed by atoms with Gasteiger partial charge >= 0.3 is 0 Å². The van der Waals surface area contributed by atoms with Crippen molar-refractivity contribution < 1.29 is 28.9 Å². The number of carbonyl (C=O) groups excluding carboxylic acids is 2. The van der Waals surface area contributed by atoms with Gasteiger partial charge in [-0.15, -0.1) is 11.7 Å². The van der Waals surface area contributed by atoms with Crippen LogP contribution in [0.15, 0.2) is 116 Å². The molecule has 2 amide bonds. The lowest BCUT2D eigenvalue weighted by Gasteiger charge is -2.37. The van der Waals surface area contributed by atoms with E-state index in [1.165, 1.54) is 5.19 Å². The molecule has 0 unspecified atom stereocenters. The minimum absolute atomic E-state index is 0.0168. The van der Waals surface area contributed by atoms with Crippen LogP contribution < -0.4 is 24.9 Å². The summed E-state index contributed by atoms with van der Waals surface area (Å²) in [7, 11) is 0.821. The Hall–Kier alpha value is -5.56. The minimum atomic E-state index is -2.42. The van der Waals surface area contributed by atoms with Crippen LogP contribution in [-0.4, -0.2) is 66.9 Å². The third-order valence-electron chi connectivity index (χ3n) is 11.4. The molecule has 1 saturated heterocycles. The zero-order chi connectivity index (χ0) is 38.9. The summed E-state index contributed by atoms with van der Waals surface area (Å²) >= 11 is 0. The zero-order valence-corrected chi connectivity index (χ0v) is 32.8. The first-order chi connectivity index (χ1) is 26.5. The number of ether oxygens (including phenoxy) is 3. The Morgan fingerprint density at radius 3 is 2.35 bits per heavy atom. The van der Waals surface area contributed by atoms with E-state index in [4.69, 9.17) is 14.2 Å². The highest BCUT2D eigenvalue weighted by atomic mass is 28.3. The smallest absolute Gasteiger partial charge is 0.264 e. The van der Waals surface area contributed by atoms with E-state index in [2.05, 4.69) is 54.4 Å². The summed E-state index contributed by atoms with van der Waals surface area (Å²) in [6, 6.07) is 30.1. The number of nitrogens with zero attached hydrogens (tertiary/aromatic N) is 4. The Morgan fingerprint density at radius 2 is 1.69 bits per heavy atom. The van der Waals surface area contributed by atoms with E-state index < -0.39 is 19.8 Å². The molecular formula is C43H47N5O6Si. The monoisotopic (exact) mass is 757 g/mol. The molecular weight excluding hydrogens is 711 g/mol. The van der Waals surface area contributed by atoms with Crippen LogP contribution in [0.25, 0.3) is 0 Å². The van der Waals surface area contributed by atoms with Gasteiger partial charge in [0, 0.05) is 35.8 Å². The fourth-order valence-corrected chi connectivity index (χ4v) is 12.6. The Labute approximate surface area is 322 Å². The van der Waals surface area contributed by atoms with Gasteiger partial charge < -0.3 is 29.5 Å². The molecule has 11 nitrogen and oxygen atoms in total. The number of hydrogen-bond acceptors (Lipinski definition) is 8. The topological polar surface area (TPSA) is 128 Å². The largest absolute Gasteiger partial charge is 0.497 e. The number of aryl methyl sites for hydroxylation is 1. The van der Waals surface area contributed by atoms with Crippen LogP contribution in [0.5, 0.6) is 11.5 Å². The van der Waals surface area contributed by atoms with E-state index in [-0.39, 0.29) is 29.4 Å². The fourth-order valence-electron chi connectivity index (χ4n) is 8.53. The summed E-state index contributed by atoms with van der Waals surface area (Å²) < 4.78 is 19.8. The third-order valence-corrected chi connectivity index (χ3v) is 15.7. The third kappa shape index (κ3) is 6.86. The Bertz CT molecular complexity index is 2170. The Morgan fingerprint density at radius 1 is 1.02 bits per heavy atom. The van der Waals surface area contributed by atoms with Crippen molar-refractivity contribution in [1.82, 2.24) is 15.0 Å². The highest BCUT2D eigenvalue weighted by molar-refractivity contribution is 6.91. The molecule has 5 atom stereocenters. The number of hydrogen-bond donors (Lipinski definition) is 2. The van der Waals surface area contributed by atoms with E-state index in [0.717, 1.165) is 22.6 Å². The predicted molar refractivity (Wildman–Crippen MR) is 215 cm³/mol. The standard InChI is InChI=1S/C43H47N5O6Si/c1-7-24-48-37-22-15-31(44-41(50)30-13-16-32(52-3)17-14-30)26-35(37)43(42(48)51)28(2)40(55(5,6)34-20-18-33(53-4)19-21-34)38(54-43)23-25-47-27-36(45-46-47)39(49)29-11-9-8-10-12-29/h7-22,26-28,38-40,49H,1,23-25H2,2-6H3,(H,44,50)/t28-,38+,39+,40-,43+/m0/s1. The van der Waals surface area contributed by atoms with Crippen molar-refractivity contribution in [3.63, 3.8) is 0 Å². The van der Waals surface area contributed by atoms with Crippen molar-refractivity contribution >= 4 is 36.4 Å². The summed E-state index contributed by atoms with van der Waals surface area (Å²) in [5.41, 5.74) is 2.35. The van der Waals surface area contributed by atoms with Gasteiger partial charge in [0.25, 0.3) is 11.8 Å². The maximum absolute atomic E-state index is 14.9. The number of benzene rings is 4. The second-order valence-electron chi connectivity index (χ2n) is 14.8. The van der Waals surface area contributed by atoms with E-state index >= 15 is 0 Å². The van der Waals surface area contributed by atoms with Crippen molar-refractivity contribution in [2.45, 2.75) is 56.3 Å². The van der Waals surface area contributed by atoms with Crippen molar-refractivity contribution in [3.05, 3.63) is 138 Å². The maximum Gasteiger partial charge on any atom is 0.264 e. The van der Waals surface area contributed by atoms with E-state index in [1.807, 2.05) is 60.7 Å². The summed E-state index contributed by atoms with van der Waals surface area (Å²) in [6.45, 7) is 11.5. The molecule has 0 bridgehead atoms. The number of rotatable bonds is 13. The normalized spacial score (nSPS) is 21.0. The molecule has 1 fully saturated rings. The molecule has 2 aliphatic heterocycles. The Balaban J connectivity index is 1.25. The summed E-state index contributed by atoms with van der Waals surface area (Å²) in [5.74, 6) is 0.762. The second-order valence-corrected chi connectivity index (χ2v) is 19.5. The molecule has 2 aliphatic rings. The average molecular weight is 758 g/mol. The number of aromatic nitrogens is 3. The summed E-state index contributed by atoms with van der Waals surface area (Å²) in [6.07, 6.45) is 2.79. The van der Waals surface area contributed by atoms with Crippen LogP contribution in [0.2, 0.25) is 18.6 Å². The molecule has 5 aromatic rings. The zero-order valence-electron chi connectivity index (χ0n) is 31.8. The van der Waals surface area contributed by atoms with E-state index in [1.54, 1.807) is 60.3 Å². The van der Waals surface area contributed by atoms with Crippen LogP contribution in [0.3, 0.4) is 0 Å². The van der Waals surface area contributed by atoms with Gasteiger partial charge in [-0.05, 0) is 72.1 Å². The van der Waals surface area contributed by atoms with Gasteiger partial charge in [-0.2, -0.15) is 0 Å². The molecule has 0 radical (unpaired) electrons. The number of methoxy groups -OCH3 is 2. The highest BCUT2D eigenvalue weighted by Crippen LogP contribution is 2.60. The van der Waals surface area contributed by atoms with Crippen molar-refractivity contribution in [1.29, 1.82) is 0 Å². The van der Waals surface area contributed by atoms with Crippen LogP contribution in [0.1, 0.15) is 46.6 Å². The number of aliphatic hydroxyl groups is 1. The molecule has 0 aliphatic carbocycles. The second kappa shape index (κ2) is 15.3. The molecule has 4 aromatic carbocycles. The van der Waals surface area contributed by atoms with Gasteiger partial charge in [0.15, 0.2) is 5.60 Å². The molecule has 7 rings (SSSR count). The molecule has 12 heteroatoms.